The summed E-state index contributed by atoms with van der Waals surface area (Å²) in [6.07, 6.45) is 0. The number of hydrogen-bond donors (Lipinski definition) is 4. The van der Waals surface area contributed by atoms with Crippen LogP contribution >= 0.6 is 0 Å². The summed E-state index contributed by atoms with van der Waals surface area (Å²) < 4.78 is 25.6. The zero-order valence-corrected chi connectivity index (χ0v) is 18.9. The highest BCUT2D eigenvalue weighted by molar-refractivity contribution is 7.88. The quantitative estimate of drug-likeness (QED) is 0.388. The fourth-order valence-electron chi connectivity index (χ4n) is 3.09. The van der Waals surface area contributed by atoms with Gasteiger partial charge in [-0.05, 0) is 35.9 Å². The molecule has 0 saturated carbocycles. The molecule has 0 aliphatic carbocycles. The molecule has 0 radical (unpaired) electrons. The lowest BCUT2D eigenvalue weighted by molar-refractivity contribution is -0.118. The highest BCUT2D eigenvalue weighted by atomic mass is 32.2. The van der Waals surface area contributed by atoms with Gasteiger partial charge in [-0.1, -0.05) is 72.8 Å². The molecule has 1 unspecified atom stereocenters. The summed E-state index contributed by atoms with van der Waals surface area (Å²) in [7, 11) is -1.98. The first kappa shape index (κ1) is 24.0. The fraction of sp³-hybridized carbons (Fsp3) is 0.167. The van der Waals surface area contributed by atoms with E-state index in [9.17, 15) is 18.0 Å². The lowest BCUT2D eigenvalue weighted by atomic mass is 10.1. The Kier molecular flexibility index (Phi) is 8.17. The number of carbonyl (C=O) groups is 2. The lowest BCUT2D eigenvalue weighted by Crippen LogP contribution is -2.42. The standard InChI is InChI=1S/C24H26N4O4S/c1-25-33(31,32)17-19-14-12-18(13-15-19)16-26-24(30)28-22(20-8-4-2-5-9-20)23(29)27-21-10-6-3-7-11-21/h2-15,22,25H,16-17H2,1H3,(H,27,29)(H2,26,28,30). The molecule has 1 atom stereocenters. The van der Waals surface area contributed by atoms with Crippen molar-refractivity contribution in [3.63, 3.8) is 0 Å². The first-order valence-electron chi connectivity index (χ1n) is 10.3. The van der Waals surface area contributed by atoms with Crippen LogP contribution in [0.1, 0.15) is 22.7 Å². The van der Waals surface area contributed by atoms with E-state index in [-0.39, 0.29) is 18.2 Å². The van der Waals surface area contributed by atoms with Gasteiger partial charge < -0.3 is 16.0 Å². The number of sulfonamides is 1. The smallest absolute Gasteiger partial charge is 0.315 e. The molecule has 3 aromatic rings. The van der Waals surface area contributed by atoms with Gasteiger partial charge in [0.15, 0.2) is 0 Å². The third-order valence-corrected chi connectivity index (χ3v) is 6.19. The second-order valence-electron chi connectivity index (χ2n) is 7.31. The van der Waals surface area contributed by atoms with Crippen LogP contribution in [0.3, 0.4) is 0 Å². The van der Waals surface area contributed by atoms with Gasteiger partial charge in [-0.15, -0.1) is 0 Å². The van der Waals surface area contributed by atoms with Crippen molar-refractivity contribution in [2.45, 2.75) is 18.3 Å². The van der Waals surface area contributed by atoms with Crippen LogP contribution in [0.4, 0.5) is 10.5 Å². The van der Waals surface area contributed by atoms with Crippen LogP contribution in [0.2, 0.25) is 0 Å². The predicted molar refractivity (Wildman–Crippen MR) is 128 cm³/mol. The highest BCUT2D eigenvalue weighted by Crippen LogP contribution is 2.16. The van der Waals surface area contributed by atoms with E-state index < -0.39 is 22.1 Å². The Labute approximate surface area is 193 Å². The van der Waals surface area contributed by atoms with E-state index in [0.717, 1.165) is 5.56 Å². The maximum absolute atomic E-state index is 12.9. The van der Waals surface area contributed by atoms with Gasteiger partial charge in [0.25, 0.3) is 5.91 Å². The largest absolute Gasteiger partial charge is 0.334 e. The molecule has 172 valence electrons. The van der Waals surface area contributed by atoms with Gasteiger partial charge in [-0.3, -0.25) is 4.79 Å². The monoisotopic (exact) mass is 466 g/mol. The molecule has 0 spiro atoms. The second-order valence-corrected chi connectivity index (χ2v) is 9.23. The molecular formula is C24H26N4O4S. The Balaban J connectivity index is 1.62. The number of urea groups is 1. The van der Waals surface area contributed by atoms with Crippen LogP contribution in [0, 0.1) is 0 Å². The Morgan fingerprint density at radius 1 is 0.818 bits per heavy atom. The van der Waals surface area contributed by atoms with Crippen molar-refractivity contribution in [1.29, 1.82) is 0 Å². The topological polar surface area (TPSA) is 116 Å². The maximum Gasteiger partial charge on any atom is 0.315 e. The molecule has 0 heterocycles. The molecule has 3 rings (SSSR count). The molecule has 3 amide bonds. The van der Waals surface area contributed by atoms with Gasteiger partial charge in [0.2, 0.25) is 10.0 Å². The summed E-state index contributed by atoms with van der Waals surface area (Å²) in [4.78, 5) is 25.5. The maximum atomic E-state index is 12.9. The first-order chi connectivity index (χ1) is 15.9. The average molecular weight is 467 g/mol. The van der Waals surface area contributed by atoms with Crippen LogP contribution in [-0.4, -0.2) is 27.4 Å². The van der Waals surface area contributed by atoms with Crippen LogP contribution in [0.5, 0.6) is 0 Å². The molecule has 3 aromatic carbocycles. The van der Waals surface area contributed by atoms with Gasteiger partial charge in [-0.2, -0.15) is 0 Å². The molecule has 0 fully saturated rings. The zero-order chi connectivity index (χ0) is 23.7. The number of amides is 3. The van der Waals surface area contributed by atoms with Crippen molar-refractivity contribution >= 4 is 27.6 Å². The molecule has 0 aromatic heterocycles. The van der Waals surface area contributed by atoms with Gasteiger partial charge in [0.1, 0.15) is 6.04 Å². The van der Waals surface area contributed by atoms with E-state index in [2.05, 4.69) is 20.7 Å². The van der Waals surface area contributed by atoms with E-state index in [1.54, 1.807) is 60.7 Å². The average Bonchev–Trinajstić information content (AvgIpc) is 2.83. The Morgan fingerprint density at radius 2 is 1.39 bits per heavy atom. The van der Waals surface area contributed by atoms with Gasteiger partial charge in [0, 0.05) is 12.2 Å². The minimum Gasteiger partial charge on any atom is -0.334 e. The Morgan fingerprint density at radius 3 is 2.00 bits per heavy atom. The fourth-order valence-corrected chi connectivity index (χ4v) is 3.87. The number of nitrogens with one attached hydrogen (secondary N) is 4. The van der Waals surface area contributed by atoms with E-state index in [1.807, 2.05) is 24.3 Å². The molecule has 8 nitrogen and oxygen atoms in total. The van der Waals surface area contributed by atoms with Gasteiger partial charge in [0.05, 0.1) is 5.75 Å². The van der Waals surface area contributed by atoms with Crippen molar-refractivity contribution in [2.24, 2.45) is 0 Å². The third kappa shape index (κ3) is 7.44. The Bertz CT molecular complexity index is 1170. The number of hydrogen-bond acceptors (Lipinski definition) is 4. The van der Waals surface area contributed by atoms with Crippen LogP contribution in [0.25, 0.3) is 0 Å². The van der Waals surface area contributed by atoms with Crippen molar-refractivity contribution in [2.75, 3.05) is 12.4 Å². The molecule has 0 aliphatic heterocycles. The minimum absolute atomic E-state index is 0.118. The van der Waals surface area contributed by atoms with Gasteiger partial charge >= 0.3 is 6.03 Å². The van der Waals surface area contributed by atoms with E-state index in [0.29, 0.717) is 16.8 Å². The molecule has 9 heteroatoms. The first-order valence-corrected chi connectivity index (χ1v) is 12.0. The lowest BCUT2D eigenvalue weighted by Gasteiger charge is -2.19. The summed E-state index contributed by atoms with van der Waals surface area (Å²) in [5, 5.41) is 8.27. The van der Waals surface area contributed by atoms with Crippen LogP contribution in [0.15, 0.2) is 84.9 Å². The summed E-state index contributed by atoms with van der Waals surface area (Å²) in [6, 6.07) is 23.5. The second kappa shape index (κ2) is 11.3. The molecule has 4 N–H and O–H groups in total. The predicted octanol–water partition coefficient (Wildman–Crippen LogP) is 2.92. The summed E-state index contributed by atoms with van der Waals surface area (Å²) in [5.74, 6) is -0.481. The Hall–Kier alpha value is -3.69. The molecule has 0 aliphatic rings. The summed E-state index contributed by atoms with van der Waals surface area (Å²) in [6.45, 7) is 0.215. The number of carbonyl (C=O) groups excluding carboxylic acids is 2. The highest BCUT2D eigenvalue weighted by Gasteiger charge is 2.22. The number of rotatable bonds is 9. The number of anilines is 1. The summed E-state index contributed by atoms with van der Waals surface area (Å²) >= 11 is 0. The summed E-state index contributed by atoms with van der Waals surface area (Å²) in [5.41, 5.74) is 2.71. The molecular weight excluding hydrogens is 440 g/mol. The van der Waals surface area contributed by atoms with Crippen molar-refractivity contribution in [3.05, 3.63) is 102 Å². The van der Waals surface area contributed by atoms with Crippen molar-refractivity contribution in [1.82, 2.24) is 15.4 Å². The minimum atomic E-state index is -3.35. The third-order valence-electron chi connectivity index (χ3n) is 4.86. The van der Waals surface area contributed by atoms with Gasteiger partial charge in [-0.25, -0.2) is 17.9 Å². The molecule has 0 bridgehead atoms. The van der Waals surface area contributed by atoms with E-state index in [1.165, 1.54) is 7.05 Å². The SMILES string of the molecule is CNS(=O)(=O)Cc1ccc(CNC(=O)NC(C(=O)Nc2ccccc2)c2ccccc2)cc1. The van der Waals surface area contributed by atoms with Crippen LogP contribution < -0.4 is 20.7 Å². The molecule has 33 heavy (non-hydrogen) atoms. The zero-order valence-electron chi connectivity index (χ0n) is 18.1. The number of benzene rings is 3. The van der Waals surface area contributed by atoms with Crippen LogP contribution in [-0.2, 0) is 27.1 Å². The number of para-hydroxylation sites is 1. The van der Waals surface area contributed by atoms with Crippen molar-refractivity contribution < 1.29 is 18.0 Å². The molecule has 0 saturated heterocycles. The van der Waals surface area contributed by atoms with E-state index >= 15 is 0 Å². The van der Waals surface area contributed by atoms with Crippen molar-refractivity contribution in [3.8, 4) is 0 Å². The normalized spacial score (nSPS) is 11.9. The van der Waals surface area contributed by atoms with E-state index in [4.69, 9.17) is 0 Å².